The standard InChI is InChI=1S/C15H21N3O3/c1-16(2)13-5-3-12(4-6-13)11-14(19)17-7-9-18(10-8-17)15(20)21/h3-6H,7-11H2,1-2H3,(H,20,21). The van der Waals surface area contributed by atoms with Gasteiger partial charge in [0.05, 0.1) is 6.42 Å². The van der Waals surface area contributed by atoms with E-state index in [-0.39, 0.29) is 5.91 Å². The Kier molecular flexibility index (Phi) is 4.67. The fourth-order valence-electron chi connectivity index (χ4n) is 2.35. The van der Waals surface area contributed by atoms with E-state index in [9.17, 15) is 9.59 Å². The van der Waals surface area contributed by atoms with Gasteiger partial charge in [-0.1, -0.05) is 12.1 Å². The summed E-state index contributed by atoms with van der Waals surface area (Å²) in [6, 6.07) is 7.90. The molecule has 1 aliphatic rings. The molecule has 0 atom stereocenters. The lowest BCUT2D eigenvalue weighted by molar-refractivity contribution is -0.132. The number of carboxylic acid groups (broad SMARTS) is 1. The summed E-state index contributed by atoms with van der Waals surface area (Å²) >= 11 is 0. The zero-order valence-corrected chi connectivity index (χ0v) is 12.5. The lowest BCUT2D eigenvalue weighted by atomic mass is 10.1. The molecule has 1 aromatic rings. The van der Waals surface area contributed by atoms with Gasteiger partial charge in [-0.3, -0.25) is 4.79 Å². The number of rotatable bonds is 3. The maximum Gasteiger partial charge on any atom is 0.407 e. The van der Waals surface area contributed by atoms with Crippen molar-refractivity contribution in [3.63, 3.8) is 0 Å². The number of piperazine rings is 1. The smallest absolute Gasteiger partial charge is 0.407 e. The van der Waals surface area contributed by atoms with Gasteiger partial charge in [-0.2, -0.15) is 0 Å². The van der Waals surface area contributed by atoms with Crippen LogP contribution in [0.25, 0.3) is 0 Å². The lowest BCUT2D eigenvalue weighted by Crippen LogP contribution is -2.50. The highest BCUT2D eigenvalue weighted by Gasteiger charge is 2.23. The van der Waals surface area contributed by atoms with Crippen LogP contribution >= 0.6 is 0 Å². The number of nitrogens with zero attached hydrogens (tertiary/aromatic N) is 3. The molecule has 0 saturated carbocycles. The monoisotopic (exact) mass is 291 g/mol. The van der Waals surface area contributed by atoms with Crippen molar-refractivity contribution >= 4 is 17.7 Å². The maximum atomic E-state index is 12.2. The average Bonchev–Trinajstić information content (AvgIpc) is 2.47. The number of anilines is 1. The Balaban J connectivity index is 1.88. The molecule has 1 aliphatic heterocycles. The Morgan fingerprint density at radius 3 is 2.05 bits per heavy atom. The third-order valence-corrected chi connectivity index (χ3v) is 3.71. The molecular weight excluding hydrogens is 270 g/mol. The first-order chi connectivity index (χ1) is 9.97. The molecule has 0 unspecified atom stereocenters. The second-order valence-electron chi connectivity index (χ2n) is 5.39. The quantitative estimate of drug-likeness (QED) is 0.906. The summed E-state index contributed by atoms with van der Waals surface area (Å²) in [5.74, 6) is 0.0534. The Morgan fingerprint density at radius 1 is 1.05 bits per heavy atom. The fraction of sp³-hybridized carbons (Fsp3) is 0.467. The third-order valence-electron chi connectivity index (χ3n) is 3.71. The molecule has 114 valence electrons. The number of amides is 2. The van der Waals surface area contributed by atoms with E-state index in [1.165, 1.54) is 4.90 Å². The van der Waals surface area contributed by atoms with Gasteiger partial charge in [0.1, 0.15) is 0 Å². The van der Waals surface area contributed by atoms with Crippen molar-refractivity contribution in [3.05, 3.63) is 29.8 Å². The van der Waals surface area contributed by atoms with Crippen LogP contribution in [-0.4, -0.2) is 67.2 Å². The van der Waals surface area contributed by atoms with Gasteiger partial charge in [0.15, 0.2) is 0 Å². The van der Waals surface area contributed by atoms with Gasteiger partial charge in [-0.15, -0.1) is 0 Å². The molecule has 0 spiro atoms. The second-order valence-corrected chi connectivity index (χ2v) is 5.39. The number of carbonyl (C=O) groups is 2. The van der Waals surface area contributed by atoms with E-state index in [4.69, 9.17) is 5.11 Å². The van der Waals surface area contributed by atoms with Gasteiger partial charge in [0.25, 0.3) is 0 Å². The molecule has 1 aromatic carbocycles. The van der Waals surface area contributed by atoms with Crippen LogP contribution in [-0.2, 0) is 11.2 Å². The molecule has 1 fully saturated rings. The molecule has 0 radical (unpaired) electrons. The van der Waals surface area contributed by atoms with Crippen LogP contribution in [0, 0.1) is 0 Å². The first-order valence-electron chi connectivity index (χ1n) is 6.99. The molecule has 2 amide bonds. The third kappa shape index (κ3) is 3.87. The molecular formula is C15H21N3O3. The minimum Gasteiger partial charge on any atom is -0.465 e. The summed E-state index contributed by atoms with van der Waals surface area (Å²) < 4.78 is 0. The largest absolute Gasteiger partial charge is 0.465 e. The highest BCUT2D eigenvalue weighted by molar-refractivity contribution is 5.79. The normalized spacial score (nSPS) is 15.0. The fourth-order valence-corrected chi connectivity index (χ4v) is 2.35. The van der Waals surface area contributed by atoms with Crippen molar-refractivity contribution in [1.29, 1.82) is 0 Å². The summed E-state index contributed by atoms with van der Waals surface area (Å²) in [5.41, 5.74) is 2.08. The highest BCUT2D eigenvalue weighted by atomic mass is 16.4. The van der Waals surface area contributed by atoms with Gasteiger partial charge >= 0.3 is 6.09 Å². The number of carbonyl (C=O) groups excluding carboxylic acids is 1. The molecule has 1 heterocycles. The molecule has 21 heavy (non-hydrogen) atoms. The SMILES string of the molecule is CN(C)c1ccc(CC(=O)N2CCN(C(=O)O)CC2)cc1. The molecule has 0 aliphatic carbocycles. The topological polar surface area (TPSA) is 64.1 Å². The zero-order valence-electron chi connectivity index (χ0n) is 12.5. The van der Waals surface area contributed by atoms with E-state index in [2.05, 4.69) is 0 Å². The zero-order chi connectivity index (χ0) is 15.4. The highest BCUT2D eigenvalue weighted by Crippen LogP contribution is 2.13. The minimum absolute atomic E-state index is 0.0534. The summed E-state index contributed by atoms with van der Waals surface area (Å²) in [4.78, 5) is 28.1. The summed E-state index contributed by atoms with van der Waals surface area (Å²) in [7, 11) is 3.95. The van der Waals surface area contributed by atoms with E-state index >= 15 is 0 Å². The van der Waals surface area contributed by atoms with Crippen molar-refractivity contribution in [2.24, 2.45) is 0 Å². The van der Waals surface area contributed by atoms with E-state index in [0.29, 0.717) is 32.6 Å². The van der Waals surface area contributed by atoms with Gasteiger partial charge in [0.2, 0.25) is 5.91 Å². The molecule has 1 saturated heterocycles. The predicted molar refractivity (Wildman–Crippen MR) is 80.7 cm³/mol. The van der Waals surface area contributed by atoms with Crippen LogP contribution in [0.4, 0.5) is 10.5 Å². The van der Waals surface area contributed by atoms with Crippen molar-refractivity contribution in [1.82, 2.24) is 9.80 Å². The Bertz CT molecular complexity index is 505. The van der Waals surface area contributed by atoms with Crippen molar-refractivity contribution in [2.75, 3.05) is 45.2 Å². The van der Waals surface area contributed by atoms with Crippen LogP contribution < -0.4 is 4.90 Å². The molecule has 0 aromatic heterocycles. The minimum atomic E-state index is -0.915. The number of hydrogen-bond donors (Lipinski definition) is 1. The predicted octanol–water partition coefficient (Wildman–Crippen LogP) is 1.12. The molecule has 6 heteroatoms. The molecule has 2 rings (SSSR count). The van der Waals surface area contributed by atoms with E-state index in [0.717, 1.165) is 11.3 Å². The van der Waals surface area contributed by atoms with Crippen LogP contribution in [0.3, 0.4) is 0 Å². The van der Waals surface area contributed by atoms with Crippen LogP contribution in [0.15, 0.2) is 24.3 Å². The lowest BCUT2D eigenvalue weighted by Gasteiger charge is -2.33. The van der Waals surface area contributed by atoms with E-state index < -0.39 is 6.09 Å². The van der Waals surface area contributed by atoms with Crippen LogP contribution in [0.1, 0.15) is 5.56 Å². The second kappa shape index (κ2) is 6.47. The average molecular weight is 291 g/mol. The first kappa shape index (κ1) is 15.2. The summed E-state index contributed by atoms with van der Waals surface area (Å²) in [5, 5.41) is 8.89. The Morgan fingerprint density at radius 2 is 1.57 bits per heavy atom. The molecule has 1 N–H and O–H groups in total. The van der Waals surface area contributed by atoms with Gasteiger partial charge in [0, 0.05) is 46.0 Å². The van der Waals surface area contributed by atoms with E-state index in [1.807, 2.05) is 43.3 Å². The van der Waals surface area contributed by atoms with Gasteiger partial charge < -0.3 is 19.8 Å². The van der Waals surface area contributed by atoms with Gasteiger partial charge in [-0.25, -0.2) is 4.79 Å². The van der Waals surface area contributed by atoms with Crippen LogP contribution in [0.5, 0.6) is 0 Å². The number of hydrogen-bond acceptors (Lipinski definition) is 3. The summed E-state index contributed by atoms with van der Waals surface area (Å²) in [6.45, 7) is 1.73. The van der Waals surface area contributed by atoms with Crippen LogP contribution in [0.2, 0.25) is 0 Å². The van der Waals surface area contributed by atoms with Gasteiger partial charge in [-0.05, 0) is 17.7 Å². The number of benzene rings is 1. The van der Waals surface area contributed by atoms with E-state index in [1.54, 1.807) is 4.90 Å². The van der Waals surface area contributed by atoms with Crippen molar-refractivity contribution in [3.8, 4) is 0 Å². The van der Waals surface area contributed by atoms with Crippen molar-refractivity contribution in [2.45, 2.75) is 6.42 Å². The Labute approximate surface area is 124 Å². The first-order valence-corrected chi connectivity index (χ1v) is 6.99. The Hall–Kier alpha value is -2.24. The summed E-state index contributed by atoms with van der Waals surface area (Å²) in [6.07, 6.45) is -0.554. The maximum absolute atomic E-state index is 12.2. The molecule has 0 bridgehead atoms. The van der Waals surface area contributed by atoms with Crippen molar-refractivity contribution < 1.29 is 14.7 Å². The molecule has 6 nitrogen and oxygen atoms in total.